The molecule has 0 aromatic heterocycles. The maximum absolute atomic E-state index is 11.2. The molecule has 1 saturated heterocycles. The smallest absolute Gasteiger partial charge is 0.220 e. The summed E-state index contributed by atoms with van der Waals surface area (Å²) in [6, 6.07) is 0.398. The first-order valence-electron chi connectivity index (χ1n) is 4.91. The lowest BCUT2D eigenvalue weighted by molar-refractivity contribution is -0.369. The van der Waals surface area contributed by atoms with Crippen LogP contribution < -0.4 is 11.1 Å². The van der Waals surface area contributed by atoms with E-state index in [4.69, 9.17) is 0 Å². The van der Waals surface area contributed by atoms with Crippen LogP contribution in [0.2, 0.25) is 0 Å². The van der Waals surface area contributed by atoms with Crippen molar-refractivity contribution >= 4 is 5.91 Å². The highest BCUT2D eigenvalue weighted by Gasteiger charge is 2.14. The predicted octanol–water partition coefficient (Wildman–Crippen LogP) is 0.0673. The van der Waals surface area contributed by atoms with Crippen LogP contribution in [0.3, 0.4) is 0 Å². The van der Waals surface area contributed by atoms with Gasteiger partial charge in [-0.05, 0) is 12.8 Å². The van der Waals surface area contributed by atoms with Gasteiger partial charge in [0.1, 0.15) is 0 Å². The fourth-order valence-electron chi connectivity index (χ4n) is 1.69. The van der Waals surface area contributed by atoms with E-state index in [-0.39, 0.29) is 5.91 Å². The number of hydrogen-bond donors (Lipinski definition) is 2. The van der Waals surface area contributed by atoms with Gasteiger partial charge < -0.3 is 11.1 Å². The molecule has 1 fully saturated rings. The number of quaternary nitrogens is 1. The van der Waals surface area contributed by atoms with Gasteiger partial charge in [-0.25, -0.2) is 0 Å². The van der Waals surface area contributed by atoms with Crippen LogP contribution >= 0.6 is 0 Å². The first-order chi connectivity index (χ1) is 5.83. The molecule has 3 nitrogen and oxygen atoms in total. The zero-order chi connectivity index (χ0) is 8.81. The average Bonchev–Trinajstić information content (AvgIpc) is 2.00. The highest BCUT2D eigenvalue weighted by molar-refractivity contribution is 5.76. The van der Waals surface area contributed by atoms with E-state index >= 15 is 0 Å². The van der Waals surface area contributed by atoms with Crippen LogP contribution in [0.1, 0.15) is 38.5 Å². The van der Waals surface area contributed by atoms with Gasteiger partial charge in [0, 0.05) is 18.9 Å². The Bertz CT molecular complexity index is 147. The van der Waals surface area contributed by atoms with E-state index in [1.54, 1.807) is 0 Å². The SMILES string of the molecule is [NH3+]CC[C@H]1CCCCCC(=O)N1. The van der Waals surface area contributed by atoms with Crippen LogP contribution in [0.4, 0.5) is 0 Å². The third-order valence-electron chi connectivity index (χ3n) is 2.37. The molecule has 0 aliphatic carbocycles. The number of carbonyl (C=O) groups excluding carboxylic acids is 1. The molecule has 1 heterocycles. The maximum Gasteiger partial charge on any atom is 0.220 e. The number of amides is 1. The van der Waals surface area contributed by atoms with Crippen molar-refractivity contribution in [3.05, 3.63) is 0 Å². The van der Waals surface area contributed by atoms with Gasteiger partial charge in [-0.2, -0.15) is 0 Å². The van der Waals surface area contributed by atoms with Crippen LogP contribution in [-0.4, -0.2) is 18.5 Å². The zero-order valence-electron chi connectivity index (χ0n) is 7.64. The van der Waals surface area contributed by atoms with Crippen LogP contribution in [-0.2, 0) is 4.79 Å². The average molecular weight is 171 g/mol. The third kappa shape index (κ3) is 3.22. The fraction of sp³-hybridized carbons (Fsp3) is 0.889. The predicted molar refractivity (Wildman–Crippen MR) is 47.4 cm³/mol. The fourth-order valence-corrected chi connectivity index (χ4v) is 1.69. The molecule has 12 heavy (non-hydrogen) atoms. The van der Waals surface area contributed by atoms with E-state index < -0.39 is 0 Å². The molecule has 1 aliphatic rings. The number of carbonyl (C=O) groups is 1. The van der Waals surface area contributed by atoms with Gasteiger partial charge in [0.15, 0.2) is 0 Å². The van der Waals surface area contributed by atoms with Gasteiger partial charge in [-0.15, -0.1) is 0 Å². The lowest BCUT2D eigenvalue weighted by Gasteiger charge is -2.19. The summed E-state index contributed by atoms with van der Waals surface area (Å²) in [7, 11) is 0. The van der Waals surface area contributed by atoms with Gasteiger partial charge in [0.05, 0.1) is 6.54 Å². The lowest BCUT2D eigenvalue weighted by atomic mass is 10.0. The summed E-state index contributed by atoms with van der Waals surface area (Å²) in [5.41, 5.74) is 3.81. The molecule has 1 atom stereocenters. The molecule has 1 aliphatic heterocycles. The molecule has 0 unspecified atom stereocenters. The Morgan fingerprint density at radius 3 is 3.00 bits per heavy atom. The summed E-state index contributed by atoms with van der Waals surface area (Å²) >= 11 is 0. The molecule has 70 valence electrons. The maximum atomic E-state index is 11.2. The van der Waals surface area contributed by atoms with Crippen molar-refractivity contribution in [3.63, 3.8) is 0 Å². The van der Waals surface area contributed by atoms with Crippen LogP contribution in [0.25, 0.3) is 0 Å². The topological polar surface area (TPSA) is 56.7 Å². The van der Waals surface area contributed by atoms with Gasteiger partial charge in [0.2, 0.25) is 5.91 Å². The molecule has 0 spiro atoms. The molecule has 0 radical (unpaired) electrons. The van der Waals surface area contributed by atoms with E-state index in [9.17, 15) is 4.79 Å². The minimum Gasteiger partial charge on any atom is -0.357 e. The Labute approximate surface area is 73.7 Å². The van der Waals surface area contributed by atoms with Crippen molar-refractivity contribution in [2.24, 2.45) is 0 Å². The van der Waals surface area contributed by atoms with Crippen molar-refractivity contribution in [2.45, 2.75) is 44.6 Å². The Balaban J connectivity index is 2.33. The summed E-state index contributed by atoms with van der Waals surface area (Å²) in [6.45, 7) is 0.922. The summed E-state index contributed by atoms with van der Waals surface area (Å²) in [5, 5.41) is 3.04. The second-order valence-corrected chi connectivity index (χ2v) is 3.51. The van der Waals surface area contributed by atoms with Crippen molar-refractivity contribution in [3.8, 4) is 0 Å². The molecule has 0 saturated carbocycles. The van der Waals surface area contributed by atoms with Crippen LogP contribution in [0.15, 0.2) is 0 Å². The quantitative estimate of drug-likeness (QED) is 0.607. The van der Waals surface area contributed by atoms with Gasteiger partial charge in [-0.3, -0.25) is 4.79 Å². The molecule has 1 amide bonds. The second kappa shape index (κ2) is 5.14. The second-order valence-electron chi connectivity index (χ2n) is 3.51. The van der Waals surface area contributed by atoms with E-state index in [0.717, 1.165) is 25.8 Å². The Hall–Kier alpha value is -0.570. The zero-order valence-corrected chi connectivity index (χ0v) is 7.64. The number of hydrogen-bond acceptors (Lipinski definition) is 1. The Kier molecular flexibility index (Phi) is 4.08. The highest BCUT2D eigenvalue weighted by Crippen LogP contribution is 2.11. The van der Waals surface area contributed by atoms with Gasteiger partial charge in [0.25, 0.3) is 0 Å². The standard InChI is InChI=1S/C9H18N2O/c10-7-6-8-4-2-1-3-5-9(12)11-8/h8H,1-7,10H2,(H,11,12)/p+1/t8-/m1/s1. The van der Waals surface area contributed by atoms with Crippen molar-refractivity contribution in [2.75, 3.05) is 6.54 Å². The van der Waals surface area contributed by atoms with Crippen molar-refractivity contribution in [1.29, 1.82) is 0 Å². The molecule has 3 heteroatoms. The summed E-state index contributed by atoms with van der Waals surface area (Å²) in [5.74, 6) is 0.230. The number of rotatable bonds is 2. The summed E-state index contributed by atoms with van der Waals surface area (Å²) in [6.07, 6.45) is 6.41. The van der Waals surface area contributed by atoms with E-state index in [1.165, 1.54) is 12.8 Å². The number of nitrogens with one attached hydrogen (secondary N) is 1. The highest BCUT2D eigenvalue weighted by atomic mass is 16.1. The summed E-state index contributed by atoms with van der Waals surface area (Å²) < 4.78 is 0. The lowest BCUT2D eigenvalue weighted by Crippen LogP contribution is -2.53. The first kappa shape index (κ1) is 9.52. The first-order valence-corrected chi connectivity index (χ1v) is 4.91. The molecular weight excluding hydrogens is 152 g/mol. The molecule has 1 rings (SSSR count). The monoisotopic (exact) mass is 171 g/mol. The largest absolute Gasteiger partial charge is 0.357 e. The van der Waals surface area contributed by atoms with Crippen molar-refractivity contribution in [1.82, 2.24) is 5.32 Å². The van der Waals surface area contributed by atoms with Gasteiger partial charge in [-0.1, -0.05) is 12.8 Å². The molecule has 4 N–H and O–H groups in total. The van der Waals surface area contributed by atoms with Crippen molar-refractivity contribution < 1.29 is 10.5 Å². The van der Waals surface area contributed by atoms with E-state index in [0.29, 0.717) is 12.5 Å². The van der Waals surface area contributed by atoms with E-state index in [2.05, 4.69) is 11.1 Å². The molecular formula is C9H19N2O+. The third-order valence-corrected chi connectivity index (χ3v) is 2.37. The minimum absolute atomic E-state index is 0.230. The molecule has 0 aromatic carbocycles. The van der Waals surface area contributed by atoms with Gasteiger partial charge >= 0.3 is 0 Å². The normalized spacial score (nSPS) is 25.8. The summed E-state index contributed by atoms with van der Waals surface area (Å²) in [4.78, 5) is 11.2. The van der Waals surface area contributed by atoms with Crippen LogP contribution in [0.5, 0.6) is 0 Å². The Morgan fingerprint density at radius 1 is 1.42 bits per heavy atom. The minimum atomic E-state index is 0.230. The molecule has 0 bridgehead atoms. The Morgan fingerprint density at radius 2 is 2.25 bits per heavy atom. The van der Waals surface area contributed by atoms with E-state index in [1.807, 2.05) is 0 Å². The van der Waals surface area contributed by atoms with Crippen LogP contribution in [0, 0.1) is 0 Å². The molecule has 0 aromatic rings.